The molecule has 0 saturated carbocycles. The minimum Gasteiger partial charge on any atom is -0.433 e. The quantitative estimate of drug-likeness (QED) is 0.784. The van der Waals surface area contributed by atoms with Gasteiger partial charge in [-0.05, 0) is 35.3 Å². The van der Waals surface area contributed by atoms with Crippen molar-refractivity contribution in [3.8, 4) is 0 Å². The lowest BCUT2D eigenvalue weighted by Gasteiger charge is -2.21. The lowest BCUT2D eigenvalue weighted by Crippen LogP contribution is -2.24. The fourth-order valence-corrected chi connectivity index (χ4v) is 2.15. The van der Waals surface area contributed by atoms with Gasteiger partial charge in [-0.25, -0.2) is 0 Å². The van der Waals surface area contributed by atoms with Crippen LogP contribution >= 0.6 is 34.8 Å². The topological polar surface area (TPSA) is 29.5 Å². The summed E-state index contributed by atoms with van der Waals surface area (Å²) in [5, 5.41) is -0.110. The summed E-state index contributed by atoms with van der Waals surface area (Å²) in [6.45, 7) is 0. The highest BCUT2D eigenvalue weighted by Gasteiger charge is 2.47. The van der Waals surface area contributed by atoms with Gasteiger partial charge in [-0.1, -0.05) is 29.8 Å². The third-order valence-electron chi connectivity index (χ3n) is 2.32. The van der Waals surface area contributed by atoms with Gasteiger partial charge >= 0.3 is 4.52 Å². The van der Waals surface area contributed by atoms with Crippen molar-refractivity contribution in [2.45, 2.75) is 4.52 Å². The first-order valence-corrected chi connectivity index (χ1v) is 5.87. The van der Waals surface area contributed by atoms with E-state index in [9.17, 15) is 4.79 Å². The van der Waals surface area contributed by atoms with E-state index in [1.807, 2.05) is 30.3 Å². The van der Waals surface area contributed by atoms with E-state index in [0.717, 1.165) is 5.69 Å². The summed E-state index contributed by atoms with van der Waals surface area (Å²) in [6, 6.07) is 9.26. The predicted molar refractivity (Wildman–Crippen MR) is 68.3 cm³/mol. The normalized spacial score (nSPS) is 18.2. The van der Waals surface area contributed by atoms with E-state index in [0.29, 0.717) is 0 Å². The Morgan fingerprint density at radius 3 is 2.29 bits per heavy atom. The van der Waals surface area contributed by atoms with E-state index < -0.39 is 10.3 Å². The van der Waals surface area contributed by atoms with E-state index in [4.69, 9.17) is 39.5 Å². The van der Waals surface area contributed by atoms with Crippen LogP contribution in [0.1, 0.15) is 0 Å². The Bertz CT molecular complexity index is 485. The van der Waals surface area contributed by atoms with Crippen molar-refractivity contribution < 1.29 is 9.53 Å². The average molecular weight is 293 g/mol. The van der Waals surface area contributed by atoms with Crippen molar-refractivity contribution in [2.24, 2.45) is 0 Å². The van der Waals surface area contributed by atoms with Crippen LogP contribution in [0.25, 0.3) is 0 Å². The monoisotopic (exact) mass is 291 g/mol. The summed E-state index contributed by atoms with van der Waals surface area (Å²) in [6.07, 6.45) is 0. The molecule has 0 unspecified atom stereocenters. The number of hydrogen-bond acceptors (Lipinski definition) is 3. The Labute approximate surface area is 114 Å². The number of para-hydroxylation sites is 1. The van der Waals surface area contributed by atoms with Crippen molar-refractivity contribution in [3.05, 3.63) is 41.2 Å². The van der Waals surface area contributed by atoms with E-state index >= 15 is 0 Å². The van der Waals surface area contributed by atoms with Crippen molar-refractivity contribution in [3.63, 3.8) is 0 Å². The molecule has 0 saturated heterocycles. The number of benzene rings is 1. The molecule has 90 valence electrons. The van der Waals surface area contributed by atoms with Gasteiger partial charge < -0.3 is 9.64 Å². The molecular weight excluding hydrogens is 284 g/mol. The Morgan fingerprint density at radius 2 is 1.82 bits per heavy atom. The second-order valence-electron chi connectivity index (χ2n) is 3.46. The molecule has 1 aromatic rings. The maximum absolute atomic E-state index is 11.6. The molecule has 0 fully saturated rings. The summed E-state index contributed by atoms with van der Waals surface area (Å²) in [5.41, 5.74) is 0.805. The second-order valence-corrected chi connectivity index (χ2v) is 5.10. The summed E-state index contributed by atoms with van der Waals surface area (Å²) in [4.78, 5) is 13.2. The van der Waals surface area contributed by atoms with E-state index in [-0.39, 0.29) is 10.9 Å². The first kappa shape index (κ1) is 12.6. The highest BCUT2D eigenvalue weighted by atomic mass is 35.5. The lowest BCUT2D eigenvalue weighted by atomic mass is 10.3. The number of ketones is 1. The number of anilines is 1. The minimum atomic E-state index is -1.94. The number of rotatable bonds is 2. The number of hydrogen-bond donors (Lipinski definition) is 0. The summed E-state index contributed by atoms with van der Waals surface area (Å²) < 4.78 is 3.21. The van der Waals surface area contributed by atoms with Crippen LogP contribution in [0.15, 0.2) is 41.2 Å². The molecule has 1 aliphatic heterocycles. The average Bonchev–Trinajstić information content (AvgIpc) is 2.53. The van der Waals surface area contributed by atoms with Crippen molar-refractivity contribution >= 4 is 46.3 Å². The van der Waals surface area contributed by atoms with Gasteiger partial charge in [0.15, 0.2) is 5.03 Å². The molecule has 1 aliphatic rings. The smallest absolute Gasteiger partial charge is 0.325 e. The van der Waals surface area contributed by atoms with E-state index in [2.05, 4.69) is 0 Å². The molecule has 0 amide bonds. The van der Waals surface area contributed by atoms with Gasteiger partial charge in [0.2, 0.25) is 5.88 Å². The number of carbonyl (C=O) groups excluding carboxylic acids is 1. The Hall–Kier alpha value is -0.900. The van der Waals surface area contributed by atoms with Gasteiger partial charge in [-0.15, -0.1) is 0 Å². The minimum absolute atomic E-state index is 0.110. The molecule has 3 nitrogen and oxygen atoms in total. The molecule has 17 heavy (non-hydrogen) atoms. The third kappa shape index (κ3) is 2.23. The molecule has 1 aromatic carbocycles. The molecule has 2 rings (SSSR count). The molecule has 0 aliphatic carbocycles. The standard InChI is InChI=1S/C11H8Cl3NO2/c1-15(7-5-3-2-4-6-7)10-8(12)9(16)11(13,14)17-10/h2-6H,1H3. The largest absolute Gasteiger partial charge is 0.433 e. The van der Waals surface area contributed by atoms with Gasteiger partial charge in [-0.3, -0.25) is 4.79 Å². The maximum atomic E-state index is 11.6. The third-order valence-corrected chi connectivity index (χ3v) is 3.16. The summed E-state index contributed by atoms with van der Waals surface area (Å²) in [7, 11) is 1.70. The Kier molecular flexibility index (Phi) is 3.25. The van der Waals surface area contributed by atoms with E-state index in [1.54, 1.807) is 11.9 Å². The van der Waals surface area contributed by atoms with Gasteiger partial charge in [0.05, 0.1) is 0 Å². The van der Waals surface area contributed by atoms with E-state index in [1.165, 1.54) is 0 Å². The van der Waals surface area contributed by atoms with Crippen molar-refractivity contribution in [2.75, 3.05) is 11.9 Å². The van der Waals surface area contributed by atoms with Gasteiger partial charge in [0, 0.05) is 12.7 Å². The lowest BCUT2D eigenvalue weighted by molar-refractivity contribution is -0.119. The molecule has 0 bridgehead atoms. The number of ether oxygens (including phenoxy) is 1. The number of carbonyl (C=O) groups is 1. The Morgan fingerprint density at radius 1 is 1.24 bits per heavy atom. The van der Waals surface area contributed by atoms with Crippen LogP contribution in [0.2, 0.25) is 0 Å². The van der Waals surface area contributed by atoms with Crippen LogP contribution in [0.5, 0.6) is 0 Å². The van der Waals surface area contributed by atoms with Gasteiger partial charge in [0.1, 0.15) is 0 Å². The van der Waals surface area contributed by atoms with Crippen LogP contribution < -0.4 is 4.90 Å². The fourth-order valence-electron chi connectivity index (χ4n) is 1.42. The Balaban J connectivity index is 2.34. The number of halogens is 3. The zero-order valence-corrected chi connectivity index (χ0v) is 11.1. The van der Waals surface area contributed by atoms with Gasteiger partial charge in [0.25, 0.3) is 5.78 Å². The van der Waals surface area contributed by atoms with Crippen LogP contribution in [0.4, 0.5) is 5.69 Å². The van der Waals surface area contributed by atoms with Gasteiger partial charge in [-0.2, -0.15) is 0 Å². The van der Waals surface area contributed by atoms with Crippen molar-refractivity contribution in [1.82, 2.24) is 0 Å². The summed E-state index contributed by atoms with van der Waals surface area (Å²) >= 11 is 17.2. The van der Waals surface area contributed by atoms with Crippen LogP contribution in [-0.4, -0.2) is 17.4 Å². The zero-order chi connectivity index (χ0) is 12.6. The highest BCUT2D eigenvalue weighted by molar-refractivity contribution is 6.63. The molecule has 0 radical (unpaired) electrons. The SMILES string of the molecule is CN(C1=C(Cl)C(=O)C(Cl)(Cl)O1)c1ccccc1. The molecule has 0 atom stereocenters. The zero-order valence-electron chi connectivity index (χ0n) is 8.78. The molecule has 0 N–H and O–H groups in total. The second kappa shape index (κ2) is 4.41. The molecular formula is C11H8Cl3NO2. The molecule has 1 heterocycles. The van der Waals surface area contributed by atoms with Crippen molar-refractivity contribution in [1.29, 1.82) is 0 Å². The molecule has 0 spiro atoms. The summed E-state index contributed by atoms with van der Waals surface area (Å²) in [5.74, 6) is -0.506. The first-order valence-electron chi connectivity index (χ1n) is 4.73. The predicted octanol–water partition coefficient (Wildman–Crippen LogP) is 3.26. The first-order chi connectivity index (χ1) is 7.93. The molecule has 6 heteroatoms. The number of Topliss-reactive ketones (excluding diaryl/α,β-unsaturated/α-hetero) is 1. The number of nitrogens with zero attached hydrogens (tertiary/aromatic N) is 1. The highest BCUT2D eigenvalue weighted by Crippen LogP contribution is 2.40. The maximum Gasteiger partial charge on any atom is 0.325 e. The molecule has 0 aromatic heterocycles. The van der Waals surface area contributed by atoms with Crippen LogP contribution in [0, 0.1) is 0 Å². The fraction of sp³-hybridized carbons (Fsp3) is 0.182. The van der Waals surface area contributed by atoms with Crippen LogP contribution in [-0.2, 0) is 9.53 Å². The number of alkyl halides is 2. The van der Waals surface area contributed by atoms with Crippen LogP contribution in [0.3, 0.4) is 0 Å².